The summed E-state index contributed by atoms with van der Waals surface area (Å²) in [5.74, 6) is 0.141. The predicted molar refractivity (Wildman–Crippen MR) is 233 cm³/mol. The molecule has 3 aliphatic rings. The Bertz CT molecular complexity index is 2330. The number of nitrogens with one attached hydrogen (secondary N) is 1. The molecule has 0 saturated carbocycles. The molecule has 4 N–H and O–H groups in total. The van der Waals surface area contributed by atoms with Crippen molar-refractivity contribution in [3.8, 4) is 11.5 Å². The highest BCUT2D eigenvalue weighted by Crippen LogP contribution is 2.36. The monoisotopic (exact) mass is 844 g/mol. The van der Waals surface area contributed by atoms with Crippen molar-refractivity contribution >= 4 is 23.2 Å². The van der Waals surface area contributed by atoms with Gasteiger partial charge in [-0.3, -0.25) is 9.59 Å². The minimum absolute atomic E-state index is 0.0888. The summed E-state index contributed by atoms with van der Waals surface area (Å²) in [7, 11) is 0. The van der Waals surface area contributed by atoms with Gasteiger partial charge in [-0.05, 0) is 95.4 Å². The normalized spacial score (nSPS) is 19.8. The first-order valence-electron chi connectivity index (χ1n) is 21.3. The lowest BCUT2D eigenvalue weighted by molar-refractivity contribution is -0.0296. The molecule has 0 aliphatic carbocycles. The van der Waals surface area contributed by atoms with E-state index in [4.69, 9.17) is 14.2 Å². The van der Waals surface area contributed by atoms with E-state index in [2.05, 4.69) is 15.1 Å². The number of piperidine rings is 1. The number of nitrogens with zero attached hydrogens (tertiary/aromatic N) is 3. The molecule has 3 heterocycles. The van der Waals surface area contributed by atoms with Gasteiger partial charge in [0.25, 0.3) is 11.8 Å². The van der Waals surface area contributed by atoms with Gasteiger partial charge in [0, 0.05) is 61.9 Å². The van der Waals surface area contributed by atoms with Crippen molar-refractivity contribution in [1.29, 1.82) is 0 Å². The number of aliphatic hydroxyl groups is 3. The largest absolute Gasteiger partial charge is 0.490 e. The van der Waals surface area contributed by atoms with Crippen molar-refractivity contribution in [3.63, 3.8) is 0 Å². The standard InChI is InChI=1S/C49H53FN4O8/c50-39-9-3-10-40(26-39)53-19-17-42(27-53)62-41-14-12-36(13-15-41)47-43(51-48(58)37-7-1-5-33(23-37)30-56)28-54(49(59)38-8-2-6-34(24-38)31-57)29-46(47)61-32-35-11-16-45-44(25-35)52(18-4-21-55)20-22-60-45/h1-3,5-16,23-26,42-43,46-47,55-57H,4,17-22,27-32H2,(H,51,58). The lowest BCUT2D eigenvalue weighted by Crippen LogP contribution is -2.59. The summed E-state index contributed by atoms with van der Waals surface area (Å²) in [6, 6.07) is 33.4. The molecule has 2 fully saturated rings. The molecule has 0 aromatic heterocycles. The van der Waals surface area contributed by atoms with Crippen LogP contribution in [0, 0.1) is 5.82 Å². The predicted octanol–water partition coefficient (Wildman–Crippen LogP) is 5.67. The molecule has 12 nitrogen and oxygen atoms in total. The van der Waals surface area contributed by atoms with Crippen LogP contribution in [-0.2, 0) is 24.6 Å². The van der Waals surface area contributed by atoms with Gasteiger partial charge in [0.05, 0.1) is 50.7 Å². The van der Waals surface area contributed by atoms with Crippen molar-refractivity contribution in [1.82, 2.24) is 10.2 Å². The molecule has 324 valence electrons. The number of ether oxygens (including phenoxy) is 3. The van der Waals surface area contributed by atoms with Crippen LogP contribution in [-0.4, -0.2) is 103 Å². The number of rotatable bonds is 15. The first-order chi connectivity index (χ1) is 30.3. The van der Waals surface area contributed by atoms with Gasteiger partial charge in [-0.1, -0.05) is 48.5 Å². The number of likely N-dealkylation sites (tertiary alicyclic amines) is 1. The third-order valence-electron chi connectivity index (χ3n) is 11.9. The van der Waals surface area contributed by atoms with E-state index in [9.17, 15) is 29.3 Å². The molecule has 5 aromatic carbocycles. The Morgan fingerprint density at radius 3 is 2.31 bits per heavy atom. The van der Waals surface area contributed by atoms with E-state index in [1.54, 1.807) is 59.5 Å². The second-order valence-electron chi connectivity index (χ2n) is 16.1. The van der Waals surface area contributed by atoms with Crippen LogP contribution in [0.2, 0.25) is 0 Å². The first kappa shape index (κ1) is 42.7. The lowest BCUT2D eigenvalue weighted by atomic mass is 9.82. The second kappa shape index (κ2) is 19.8. The molecular weight excluding hydrogens is 792 g/mol. The van der Waals surface area contributed by atoms with Gasteiger partial charge in [-0.25, -0.2) is 4.39 Å². The maximum atomic E-state index is 14.3. The summed E-state index contributed by atoms with van der Waals surface area (Å²) < 4.78 is 33.2. The zero-order chi connectivity index (χ0) is 43.0. The van der Waals surface area contributed by atoms with Crippen LogP contribution in [0.25, 0.3) is 0 Å². The number of benzene rings is 5. The number of amides is 2. The Morgan fingerprint density at radius 2 is 1.55 bits per heavy atom. The SMILES string of the molecule is O=C(NC1CN(C(=O)c2cccc(CO)c2)CC(OCc2ccc3c(c2)N(CCCO)CCO3)C1c1ccc(OC2CCN(c3cccc(F)c3)C2)cc1)c1cccc(CO)c1. The molecule has 62 heavy (non-hydrogen) atoms. The van der Waals surface area contributed by atoms with E-state index in [1.165, 1.54) is 12.1 Å². The van der Waals surface area contributed by atoms with Crippen LogP contribution in [0.1, 0.15) is 61.7 Å². The number of halogens is 1. The molecule has 2 saturated heterocycles. The highest BCUT2D eigenvalue weighted by molar-refractivity contribution is 5.96. The Balaban J connectivity index is 1.09. The summed E-state index contributed by atoms with van der Waals surface area (Å²) in [5.41, 5.74) is 5.53. The third-order valence-corrected chi connectivity index (χ3v) is 11.9. The summed E-state index contributed by atoms with van der Waals surface area (Å²) in [6.45, 7) is 3.55. The van der Waals surface area contributed by atoms with E-state index < -0.39 is 18.1 Å². The number of carbonyl (C=O) groups excluding carboxylic acids is 2. The van der Waals surface area contributed by atoms with Crippen molar-refractivity contribution in [3.05, 3.63) is 154 Å². The smallest absolute Gasteiger partial charge is 0.254 e. The highest BCUT2D eigenvalue weighted by atomic mass is 19.1. The van der Waals surface area contributed by atoms with Crippen LogP contribution in [0.15, 0.2) is 115 Å². The minimum atomic E-state index is -0.615. The van der Waals surface area contributed by atoms with E-state index in [0.29, 0.717) is 60.7 Å². The zero-order valence-electron chi connectivity index (χ0n) is 34.6. The van der Waals surface area contributed by atoms with Crippen LogP contribution in [0.4, 0.5) is 15.8 Å². The van der Waals surface area contributed by atoms with Crippen molar-refractivity contribution < 1.29 is 43.5 Å². The Morgan fingerprint density at radius 1 is 0.790 bits per heavy atom. The van der Waals surface area contributed by atoms with Crippen LogP contribution in [0.5, 0.6) is 11.5 Å². The minimum Gasteiger partial charge on any atom is -0.490 e. The van der Waals surface area contributed by atoms with E-state index in [-0.39, 0.29) is 63.3 Å². The zero-order valence-corrected chi connectivity index (χ0v) is 34.6. The molecule has 0 radical (unpaired) electrons. The molecule has 2 amide bonds. The average molecular weight is 845 g/mol. The van der Waals surface area contributed by atoms with Gasteiger partial charge in [-0.2, -0.15) is 0 Å². The van der Waals surface area contributed by atoms with Gasteiger partial charge in [-0.15, -0.1) is 0 Å². The Kier molecular flexibility index (Phi) is 13.6. The number of hydrogen-bond donors (Lipinski definition) is 4. The summed E-state index contributed by atoms with van der Waals surface area (Å²) in [6.07, 6.45) is 0.718. The molecule has 3 aliphatic heterocycles. The topological polar surface area (TPSA) is 144 Å². The number of aliphatic hydroxyl groups excluding tert-OH is 3. The molecule has 0 bridgehead atoms. The summed E-state index contributed by atoms with van der Waals surface area (Å²) in [5, 5.41) is 32.5. The van der Waals surface area contributed by atoms with Crippen molar-refractivity contribution in [2.75, 3.05) is 62.3 Å². The van der Waals surface area contributed by atoms with Crippen molar-refractivity contribution in [2.24, 2.45) is 0 Å². The fourth-order valence-electron chi connectivity index (χ4n) is 8.77. The lowest BCUT2D eigenvalue weighted by Gasteiger charge is -2.44. The Hall–Kier alpha value is -5.99. The summed E-state index contributed by atoms with van der Waals surface area (Å²) >= 11 is 0. The Labute approximate surface area is 361 Å². The first-order valence-corrected chi connectivity index (χ1v) is 21.3. The van der Waals surface area contributed by atoms with Crippen LogP contribution < -0.4 is 24.6 Å². The maximum Gasteiger partial charge on any atom is 0.254 e. The fraction of sp³-hybridized carbons (Fsp3) is 0.347. The number of anilines is 2. The van der Waals surface area contributed by atoms with Gasteiger partial charge in [0.15, 0.2) is 0 Å². The molecule has 13 heteroatoms. The van der Waals surface area contributed by atoms with Gasteiger partial charge >= 0.3 is 0 Å². The molecular formula is C49H53FN4O8. The fourth-order valence-corrected chi connectivity index (χ4v) is 8.77. The third kappa shape index (κ3) is 10.0. The number of hydrogen-bond acceptors (Lipinski definition) is 10. The van der Waals surface area contributed by atoms with Crippen molar-refractivity contribution in [2.45, 2.75) is 56.8 Å². The maximum absolute atomic E-state index is 14.3. The molecule has 4 unspecified atom stereocenters. The van der Waals surface area contributed by atoms with Gasteiger partial charge in [0.1, 0.15) is 30.0 Å². The van der Waals surface area contributed by atoms with E-state index in [0.717, 1.165) is 41.2 Å². The molecule has 8 rings (SSSR count). The highest BCUT2D eigenvalue weighted by Gasteiger charge is 2.42. The van der Waals surface area contributed by atoms with E-state index >= 15 is 0 Å². The number of fused-ring (bicyclic) bond motifs is 1. The van der Waals surface area contributed by atoms with Gasteiger partial charge in [0.2, 0.25) is 0 Å². The molecule has 4 atom stereocenters. The average Bonchev–Trinajstić information content (AvgIpc) is 3.78. The summed E-state index contributed by atoms with van der Waals surface area (Å²) in [4.78, 5) is 34.4. The second-order valence-corrected chi connectivity index (χ2v) is 16.1. The van der Waals surface area contributed by atoms with Gasteiger partial charge < -0.3 is 49.5 Å². The number of carbonyl (C=O) groups is 2. The van der Waals surface area contributed by atoms with E-state index in [1.807, 2.05) is 48.5 Å². The van der Waals surface area contributed by atoms with Crippen LogP contribution in [0.3, 0.4) is 0 Å². The quantitative estimate of drug-likeness (QED) is 0.104. The molecule has 5 aromatic rings. The van der Waals surface area contributed by atoms with Crippen LogP contribution >= 0.6 is 0 Å². The molecule has 0 spiro atoms.